The molecule has 1 fully saturated rings. The molecule has 0 radical (unpaired) electrons. The second-order valence-electron chi connectivity index (χ2n) is 5.14. The predicted molar refractivity (Wildman–Crippen MR) is 78.1 cm³/mol. The third kappa shape index (κ3) is 5.12. The molecule has 110 valence electrons. The average molecular weight is 299 g/mol. The highest BCUT2D eigenvalue weighted by molar-refractivity contribution is 7.99. The van der Waals surface area contributed by atoms with Gasteiger partial charge in [-0.1, -0.05) is 37.4 Å². The molecular formula is C15H19F2NOS. The summed E-state index contributed by atoms with van der Waals surface area (Å²) in [4.78, 5) is 12.3. The van der Waals surface area contributed by atoms with Crippen LogP contribution in [0.2, 0.25) is 0 Å². The maximum Gasteiger partial charge on any atom is 0.288 e. The minimum atomic E-state index is -2.41. The molecule has 0 unspecified atom stereocenters. The van der Waals surface area contributed by atoms with Crippen molar-refractivity contribution >= 4 is 23.4 Å². The van der Waals surface area contributed by atoms with E-state index in [9.17, 15) is 13.6 Å². The Morgan fingerprint density at radius 1 is 1.25 bits per heavy atom. The SMILES string of the molecule is O=C(CCC1CCCC1)Nc1ccc(SC(F)F)cc1. The van der Waals surface area contributed by atoms with Crippen LogP contribution in [0, 0.1) is 5.92 Å². The third-order valence-electron chi connectivity index (χ3n) is 3.62. The van der Waals surface area contributed by atoms with Crippen LogP contribution in [0.15, 0.2) is 29.2 Å². The Morgan fingerprint density at radius 2 is 1.90 bits per heavy atom. The first-order valence-corrected chi connectivity index (χ1v) is 7.86. The zero-order chi connectivity index (χ0) is 14.4. The van der Waals surface area contributed by atoms with Crippen LogP contribution in [0.1, 0.15) is 38.5 Å². The normalized spacial score (nSPS) is 15.8. The van der Waals surface area contributed by atoms with Crippen molar-refractivity contribution in [2.75, 3.05) is 5.32 Å². The number of anilines is 1. The Bertz CT molecular complexity index is 430. The van der Waals surface area contributed by atoms with Gasteiger partial charge < -0.3 is 5.32 Å². The lowest BCUT2D eigenvalue weighted by Gasteiger charge is -2.09. The Morgan fingerprint density at radius 3 is 2.50 bits per heavy atom. The van der Waals surface area contributed by atoms with Crippen molar-refractivity contribution < 1.29 is 13.6 Å². The number of rotatable bonds is 6. The summed E-state index contributed by atoms with van der Waals surface area (Å²) in [6, 6.07) is 6.53. The van der Waals surface area contributed by atoms with Gasteiger partial charge in [-0.25, -0.2) is 0 Å². The van der Waals surface area contributed by atoms with Gasteiger partial charge in [0, 0.05) is 17.0 Å². The van der Waals surface area contributed by atoms with E-state index < -0.39 is 5.76 Å². The van der Waals surface area contributed by atoms with Gasteiger partial charge in [0.05, 0.1) is 0 Å². The Hall–Kier alpha value is -1.10. The first-order chi connectivity index (χ1) is 9.63. The number of halogens is 2. The molecule has 0 spiro atoms. The number of benzene rings is 1. The summed E-state index contributed by atoms with van der Waals surface area (Å²) in [7, 11) is 0. The lowest BCUT2D eigenvalue weighted by atomic mass is 10.0. The highest BCUT2D eigenvalue weighted by Crippen LogP contribution is 2.29. The van der Waals surface area contributed by atoms with E-state index in [2.05, 4.69) is 5.32 Å². The summed E-state index contributed by atoms with van der Waals surface area (Å²) < 4.78 is 24.3. The Labute approximate surface area is 122 Å². The molecule has 1 aromatic carbocycles. The fraction of sp³-hybridized carbons (Fsp3) is 0.533. The van der Waals surface area contributed by atoms with Crippen molar-refractivity contribution in [2.24, 2.45) is 5.92 Å². The molecule has 1 amide bonds. The maximum absolute atomic E-state index is 12.2. The van der Waals surface area contributed by atoms with E-state index in [1.807, 2.05) is 0 Å². The summed E-state index contributed by atoms with van der Waals surface area (Å²) >= 11 is 0.507. The first-order valence-electron chi connectivity index (χ1n) is 6.98. The molecule has 0 bridgehead atoms. The Balaban J connectivity index is 1.75. The molecule has 0 atom stereocenters. The van der Waals surface area contributed by atoms with E-state index in [-0.39, 0.29) is 5.91 Å². The van der Waals surface area contributed by atoms with Gasteiger partial charge in [0.15, 0.2) is 0 Å². The molecule has 1 saturated carbocycles. The van der Waals surface area contributed by atoms with Crippen molar-refractivity contribution in [3.63, 3.8) is 0 Å². The molecule has 0 aromatic heterocycles. The van der Waals surface area contributed by atoms with Crippen LogP contribution in [-0.2, 0) is 4.79 Å². The van der Waals surface area contributed by atoms with Crippen molar-refractivity contribution in [1.29, 1.82) is 0 Å². The minimum Gasteiger partial charge on any atom is -0.326 e. The van der Waals surface area contributed by atoms with Crippen LogP contribution in [0.4, 0.5) is 14.5 Å². The van der Waals surface area contributed by atoms with Gasteiger partial charge in [0.25, 0.3) is 5.76 Å². The summed E-state index contributed by atoms with van der Waals surface area (Å²) in [5, 5.41) is 2.81. The summed E-state index contributed by atoms with van der Waals surface area (Å²) in [6.45, 7) is 0. The van der Waals surface area contributed by atoms with Crippen molar-refractivity contribution in [1.82, 2.24) is 0 Å². The van der Waals surface area contributed by atoms with Gasteiger partial charge in [-0.3, -0.25) is 4.79 Å². The van der Waals surface area contributed by atoms with Crippen LogP contribution in [0.3, 0.4) is 0 Å². The molecular weight excluding hydrogens is 280 g/mol. The van der Waals surface area contributed by atoms with Crippen LogP contribution >= 0.6 is 11.8 Å². The predicted octanol–water partition coefficient (Wildman–Crippen LogP) is 4.91. The lowest BCUT2D eigenvalue weighted by molar-refractivity contribution is -0.116. The number of carbonyl (C=O) groups is 1. The fourth-order valence-electron chi connectivity index (χ4n) is 2.58. The van der Waals surface area contributed by atoms with Gasteiger partial charge in [0.2, 0.25) is 5.91 Å². The van der Waals surface area contributed by atoms with E-state index in [1.165, 1.54) is 25.7 Å². The maximum atomic E-state index is 12.2. The van der Waals surface area contributed by atoms with Crippen LogP contribution < -0.4 is 5.32 Å². The average Bonchev–Trinajstić information content (AvgIpc) is 2.91. The molecule has 1 N–H and O–H groups in total. The van der Waals surface area contributed by atoms with Crippen molar-refractivity contribution in [3.8, 4) is 0 Å². The highest BCUT2D eigenvalue weighted by Gasteiger charge is 2.16. The lowest BCUT2D eigenvalue weighted by Crippen LogP contribution is -2.12. The first kappa shape index (κ1) is 15.3. The molecule has 5 heteroatoms. The van der Waals surface area contributed by atoms with Crippen LogP contribution in [-0.4, -0.2) is 11.7 Å². The number of thioether (sulfide) groups is 1. The molecule has 0 aliphatic heterocycles. The minimum absolute atomic E-state index is 0.00571. The standard InChI is InChI=1S/C15H19F2NOS/c16-15(17)20-13-8-6-12(7-9-13)18-14(19)10-5-11-3-1-2-4-11/h6-9,11,15H,1-5,10H2,(H,18,19). The van der Waals surface area contributed by atoms with Gasteiger partial charge in [0.1, 0.15) is 0 Å². The smallest absolute Gasteiger partial charge is 0.288 e. The number of alkyl halides is 2. The van der Waals surface area contributed by atoms with E-state index in [0.29, 0.717) is 34.7 Å². The number of hydrogen-bond acceptors (Lipinski definition) is 2. The zero-order valence-electron chi connectivity index (χ0n) is 11.3. The number of amides is 1. The van der Waals surface area contributed by atoms with Gasteiger partial charge >= 0.3 is 0 Å². The molecule has 2 rings (SSSR count). The number of carbonyl (C=O) groups excluding carboxylic acids is 1. The van der Waals surface area contributed by atoms with E-state index in [1.54, 1.807) is 24.3 Å². The molecule has 0 saturated heterocycles. The van der Waals surface area contributed by atoms with Gasteiger partial charge in [-0.2, -0.15) is 8.78 Å². The summed E-state index contributed by atoms with van der Waals surface area (Å²) in [5.74, 6) is -1.71. The number of nitrogens with one attached hydrogen (secondary N) is 1. The van der Waals surface area contributed by atoms with E-state index in [0.717, 1.165) is 6.42 Å². The van der Waals surface area contributed by atoms with Crippen LogP contribution in [0.25, 0.3) is 0 Å². The second kappa shape index (κ2) is 7.62. The zero-order valence-corrected chi connectivity index (χ0v) is 12.1. The number of hydrogen-bond donors (Lipinski definition) is 1. The third-order valence-corrected chi connectivity index (χ3v) is 4.34. The highest BCUT2D eigenvalue weighted by atomic mass is 32.2. The summed E-state index contributed by atoms with van der Waals surface area (Å²) in [5.41, 5.74) is 0.667. The molecule has 2 nitrogen and oxygen atoms in total. The largest absolute Gasteiger partial charge is 0.326 e. The van der Waals surface area contributed by atoms with Crippen LogP contribution in [0.5, 0.6) is 0 Å². The summed E-state index contributed by atoms with van der Waals surface area (Å²) in [6.07, 6.45) is 6.55. The van der Waals surface area contributed by atoms with Crippen molar-refractivity contribution in [2.45, 2.75) is 49.2 Å². The molecule has 1 aliphatic carbocycles. The second-order valence-corrected chi connectivity index (χ2v) is 6.20. The molecule has 0 heterocycles. The van der Waals surface area contributed by atoms with E-state index in [4.69, 9.17) is 0 Å². The molecule has 20 heavy (non-hydrogen) atoms. The van der Waals surface area contributed by atoms with Crippen molar-refractivity contribution in [3.05, 3.63) is 24.3 Å². The molecule has 1 aromatic rings. The monoisotopic (exact) mass is 299 g/mol. The van der Waals surface area contributed by atoms with E-state index >= 15 is 0 Å². The Kier molecular flexibility index (Phi) is 5.83. The topological polar surface area (TPSA) is 29.1 Å². The molecule has 1 aliphatic rings. The van der Waals surface area contributed by atoms with Gasteiger partial charge in [-0.05, 0) is 36.6 Å². The fourth-order valence-corrected chi connectivity index (χ4v) is 3.08. The quantitative estimate of drug-likeness (QED) is 0.756. The van der Waals surface area contributed by atoms with Gasteiger partial charge in [-0.15, -0.1) is 0 Å².